The van der Waals surface area contributed by atoms with E-state index in [2.05, 4.69) is 10.6 Å². The summed E-state index contributed by atoms with van der Waals surface area (Å²) in [7, 11) is 1.55. The molecule has 0 bridgehead atoms. The van der Waals surface area contributed by atoms with Crippen LogP contribution in [0, 0.1) is 0 Å². The Morgan fingerprint density at radius 2 is 1.81 bits per heavy atom. The van der Waals surface area contributed by atoms with Crippen molar-refractivity contribution >= 4 is 23.4 Å². The van der Waals surface area contributed by atoms with Crippen LogP contribution in [0.3, 0.4) is 0 Å². The van der Waals surface area contributed by atoms with E-state index in [0.717, 1.165) is 5.56 Å². The van der Waals surface area contributed by atoms with Crippen molar-refractivity contribution in [1.82, 2.24) is 5.32 Å². The number of rotatable bonds is 7. The van der Waals surface area contributed by atoms with Gasteiger partial charge in [0, 0.05) is 24.6 Å². The molecule has 2 aromatic rings. The van der Waals surface area contributed by atoms with E-state index in [0.29, 0.717) is 17.0 Å². The van der Waals surface area contributed by atoms with E-state index < -0.39 is 17.9 Å². The SMILES string of the molecule is COc1cccc(C[C@H](NC(=O)c2ccc(NC(C)=O)cc2)C(N)=O)c1. The van der Waals surface area contributed by atoms with Crippen LogP contribution in [0.1, 0.15) is 22.8 Å². The number of amides is 3. The fraction of sp³-hybridized carbons (Fsp3) is 0.211. The zero-order chi connectivity index (χ0) is 19.1. The first kappa shape index (κ1) is 19.0. The van der Waals surface area contributed by atoms with Crippen molar-refractivity contribution in [2.75, 3.05) is 12.4 Å². The standard InChI is InChI=1S/C19H21N3O4/c1-12(23)21-15-8-6-14(7-9-15)19(25)22-17(18(20)24)11-13-4-3-5-16(10-13)26-2/h3-10,17H,11H2,1-2H3,(H2,20,24)(H,21,23)(H,22,25)/t17-/m0/s1. The van der Waals surface area contributed by atoms with Gasteiger partial charge in [0.25, 0.3) is 5.91 Å². The third-order valence-corrected chi connectivity index (χ3v) is 3.69. The van der Waals surface area contributed by atoms with Crippen molar-refractivity contribution in [2.45, 2.75) is 19.4 Å². The summed E-state index contributed by atoms with van der Waals surface area (Å²) in [6.45, 7) is 1.40. The number of primary amides is 1. The van der Waals surface area contributed by atoms with Crippen molar-refractivity contribution < 1.29 is 19.1 Å². The molecule has 2 aromatic carbocycles. The molecule has 136 valence electrons. The van der Waals surface area contributed by atoms with Gasteiger partial charge in [0.15, 0.2) is 0 Å². The Balaban J connectivity index is 2.07. The van der Waals surface area contributed by atoms with Gasteiger partial charge < -0.3 is 21.1 Å². The second-order valence-electron chi connectivity index (χ2n) is 5.74. The molecule has 0 saturated heterocycles. The van der Waals surface area contributed by atoms with Gasteiger partial charge in [0.2, 0.25) is 11.8 Å². The Labute approximate surface area is 151 Å². The minimum Gasteiger partial charge on any atom is -0.497 e. The summed E-state index contributed by atoms with van der Waals surface area (Å²) in [5, 5.41) is 5.25. The van der Waals surface area contributed by atoms with Crippen molar-refractivity contribution in [3.05, 3.63) is 59.7 Å². The zero-order valence-corrected chi connectivity index (χ0v) is 14.6. The van der Waals surface area contributed by atoms with Crippen LogP contribution < -0.4 is 21.1 Å². The van der Waals surface area contributed by atoms with Crippen LogP contribution in [0.15, 0.2) is 48.5 Å². The normalized spacial score (nSPS) is 11.3. The molecule has 0 spiro atoms. The Bertz CT molecular complexity index is 803. The van der Waals surface area contributed by atoms with Gasteiger partial charge in [0.05, 0.1) is 7.11 Å². The summed E-state index contributed by atoms with van der Waals surface area (Å²) in [4.78, 5) is 35.1. The summed E-state index contributed by atoms with van der Waals surface area (Å²) in [5.74, 6) is -0.595. The van der Waals surface area contributed by atoms with Gasteiger partial charge in [-0.2, -0.15) is 0 Å². The van der Waals surface area contributed by atoms with Crippen LogP contribution in [0.25, 0.3) is 0 Å². The van der Waals surface area contributed by atoms with E-state index in [9.17, 15) is 14.4 Å². The van der Waals surface area contributed by atoms with Crippen LogP contribution in [-0.4, -0.2) is 30.9 Å². The maximum absolute atomic E-state index is 12.4. The zero-order valence-electron chi connectivity index (χ0n) is 14.6. The Hall–Kier alpha value is -3.35. The number of ether oxygens (including phenoxy) is 1. The second kappa shape index (κ2) is 8.66. The first-order valence-electron chi connectivity index (χ1n) is 8.00. The average Bonchev–Trinajstić information content (AvgIpc) is 2.61. The highest BCUT2D eigenvalue weighted by Gasteiger charge is 2.19. The highest BCUT2D eigenvalue weighted by Crippen LogP contribution is 2.15. The lowest BCUT2D eigenvalue weighted by Gasteiger charge is -2.16. The fourth-order valence-electron chi connectivity index (χ4n) is 2.41. The number of hydrogen-bond acceptors (Lipinski definition) is 4. The molecule has 0 saturated carbocycles. The molecule has 0 aliphatic heterocycles. The number of nitrogens with two attached hydrogens (primary N) is 1. The van der Waals surface area contributed by atoms with Crippen LogP contribution in [0.2, 0.25) is 0 Å². The van der Waals surface area contributed by atoms with Crippen LogP contribution in [-0.2, 0) is 16.0 Å². The van der Waals surface area contributed by atoms with Gasteiger partial charge in [-0.3, -0.25) is 14.4 Å². The molecule has 0 aliphatic rings. The van der Waals surface area contributed by atoms with E-state index in [1.54, 1.807) is 49.6 Å². The number of carbonyl (C=O) groups excluding carboxylic acids is 3. The molecule has 0 aliphatic carbocycles. The van der Waals surface area contributed by atoms with Crippen molar-refractivity contribution in [3.63, 3.8) is 0 Å². The van der Waals surface area contributed by atoms with Gasteiger partial charge >= 0.3 is 0 Å². The van der Waals surface area contributed by atoms with Crippen molar-refractivity contribution in [3.8, 4) is 5.75 Å². The fourth-order valence-corrected chi connectivity index (χ4v) is 2.41. The molecule has 0 fully saturated rings. The highest BCUT2D eigenvalue weighted by molar-refractivity contribution is 5.98. The monoisotopic (exact) mass is 355 g/mol. The molecule has 7 heteroatoms. The molecule has 4 N–H and O–H groups in total. The molecule has 26 heavy (non-hydrogen) atoms. The number of nitrogens with one attached hydrogen (secondary N) is 2. The van der Waals surface area contributed by atoms with E-state index in [-0.39, 0.29) is 12.3 Å². The highest BCUT2D eigenvalue weighted by atomic mass is 16.5. The third kappa shape index (κ3) is 5.34. The average molecular weight is 355 g/mol. The summed E-state index contributed by atoms with van der Waals surface area (Å²) < 4.78 is 5.15. The molecular weight excluding hydrogens is 334 g/mol. The van der Waals surface area contributed by atoms with Crippen LogP contribution >= 0.6 is 0 Å². The van der Waals surface area contributed by atoms with Gasteiger partial charge in [-0.1, -0.05) is 12.1 Å². The topological polar surface area (TPSA) is 111 Å². The predicted octanol–water partition coefficient (Wildman–Crippen LogP) is 1.48. The van der Waals surface area contributed by atoms with E-state index in [1.807, 2.05) is 6.07 Å². The van der Waals surface area contributed by atoms with Crippen LogP contribution in [0.4, 0.5) is 5.69 Å². The molecule has 7 nitrogen and oxygen atoms in total. The number of methoxy groups -OCH3 is 1. The van der Waals surface area contributed by atoms with Crippen molar-refractivity contribution in [2.24, 2.45) is 5.73 Å². The van der Waals surface area contributed by atoms with Gasteiger partial charge in [-0.25, -0.2) is 0 Å². The van der Waals surface area contributed by atoms with Crippen molar-refractivity contribution in [1.29, 1.82) is 0 Å². The molecule has 0 aromatic heterocycles. The first-order valence-corrected chi connectivity index (χ1v) is 8.00. The minimum atomic E-state index is -0.857. The van der Waals surface area contributed by atoms with E-state index in [1.165, 1.54) is 6.92 Å². The summed E-state index contributed by atoms with van der Waals surface area (Å²) in [6, 6.07) is 12.7. The second-order valence-corrected chi connectivity index (χ2v) is 5.74. The Morgan fingerprint density at radius 3 is 2.38 bits per heavy atom. The van der Waals surface area contributed by atoms with E-state index >= 15 is 0 Å². The van der Waals surface area contributed by atoms with Crippen LogP contribution in [0.5, 0.6) is 5.75 Å². The lowest BCUT2D eigenvalue weighted by molar-refractivity contribution is -0.119. The number of anilines is 1. The molecule has 3 amide bonds. The number of carbonyl (C=O) groups is 3. The van der Waals surface area contributed by atoms with Gasteiger partial charge in [-0.05, 0) is 42.0 Å². The molecular formula is C19H21N3O4. The molecule has 0 unspecified atom stereocenters. The maximum atomic E-state index is 12.4. The predicted molar refractivity (Wildman–Crippen MR) is 97.9 cm³/mol. The van der Waals surface area contributed by atoms with E-state index in [4.69, 9.17) is 10.5 Å². The Morgan fingerprint density at radius 1 is 1.12 bits per heavy atom. The molecule has 0 heterocycles. The summed E-state index contributed by atoms with van der Waals surface area (Å²) in [5.41, 5.74) is 7.18. The number of hydrogen-bond donors (Lipinski definition) is 3. The minimum absolute atomic E-state index is 0.200. The Kier molecular flexibility index (Phi) is 6.32. The third-order valence-electron chi connectivity index (χ3n) is 3.69. The largest absolute Gasteiger partial charge is 0.497 e. The van der Waals surface area contributed by atoms with Gasteiger partial charge in [0.1, 0.15) is 11.8 Å². The maximum Gasteiger partial charge on any atom is 0.251 e. The lowest BCUT2D eigenvalue weighted by atomic mass is 10.0. The quantitative estimate of drug-likeness (QED) is 0.698. The smallest absolute Gasteiger partial charge is 0.251 e. The first-order chi connectivity index (χ1) is 12.4. The summed E-state index contributed by atoms with van der Waals surface area (Å²) in [6.07, 6.45) is 0.252. The van der Waals surface area contributed by atoms with Gasteiger partial charge in [-0.15, -0.1) is 0 Å². The lowest BCUT2D eigenvalue weighted by Crippen LogP contribution is -2.45. The molecule has 2 rings (SSSR count). The molecule has 0 radical (unpaired) electrons. The number of benzene rings is 2. The molecule has 1 atom stereocenters. The summed E-state index contributed by atoms with van der Waals surface area (Å²) >= 11 is 0.